The average Bonchev–Trinajstić information content (AvgIpc) is 2.25. The third-order valence-electron chi connectivity index (χ3n) is 3.97. The molecular weight excluding hydrogens is 214 g/mol. The van der Waals surface area contributed by atoms with Gasteiger partial charge in [0.05, 0.1) is 0 Å². The molecule has 1 amide bonds. The number of phenolic OH excluding ortho intramolecular Hbond substituents is 1. The van der Waals surface area contributed by atoms with Gasteiger partial charge >= 0.3 is 0 Å². The van der Waals surface area contributed by atoms with Crippen LogP contribution in [0.3, 0.4) is 0 Å². The Morgan fingerprint density at radius 1 is 1.29 bits per heavy atom. The van der Waals surface area contributed by atoms with E-state index >= 15 is 0 Å². The molecule has 0 aromatic heterocycles. The highest BCUT2D eigenvalue weighted by molar-refractivity contribution is 5.79. The highest BCUT2D eigenvalue weighted by Crippen LogP contribution is 2.31. The third kappa shape index (κ3) is 1.90. The quantitative estimate of drug-likeness (QED) is 0.804. The van der Waals surface area contributed by atoms with E-state index in [1.165, 1.54) is 12.0 Å². The van der Waals surface area contributed by atoms with Crippen LogP contribution >= 0.6 is 0 Å². The standard InChI is InChI=1S/C14H17NO2/c16-13-5-4-10-6-7-15(9-12(10)8-13)14(17)11-2-1-3-11/h4-5,8,11,16H,1-3,6-7,9H2. The van der Waals surface area contributed by atoms with E-state index < -0.39 is 0 Å². The van der Waals surface area contributed by atoms with Crippen LogP contribution < -0.4 is 0 Å². The molecule has 90 valence electrons. The van der Waals surface area contributed by atoms with Crippen LogP contribution in [0.15, 0.2) is 18.2 Å². The summed E-state index contributed by atoms with van der Waals surface area (Å²) in [5.74, 6) is 0.876. The molecule has 17 heavy (non-hydrogen) atoms. The monoisotopic (exact) mass is 231 g/mol. The maximum Gasteiger partial charge on any atom is 0.225 e. The molecule has 1 aromatic carbocycles. The number of phenols is 1. The van der Waals surface area contributed by atoms with Crippen LogP contribution in [0, 0.1) is 5.92 Å². The smallest absolute Gasteiger partial charge is 0.225 e. The lowest BCUT2D eigenvalue weighted by molar-refractivity contribution is -0.139. The van der Waals surface area contributed by atoms with Crippen LogP contribution in [-0.2, 0) is 17.8 Å². The first-order chi connectivity index (χ1) is 8.24. The second-order valence-electron chi connectivity index (χ2n) is 5.09. The molecule has 1 aromatic rings. The van der Waals surface area contributed by atoms with Crippen LogP contribution in [0.2, 0.25) is 0 Å². The largest absolute Gasteiger partial charge is 0.508 e. The van der Waals surface area contributed by atoms with Gasteiger partial charge in [0, 0.05) is 19.0 Å². The van der Waals surface area contributed by atoms with Crippen molar-refractivity contribution < 1.29 is 9.90 Å². The number of hydrogen-bond acceptors (Lipinski definition) is 2. The van der Waals surface area contributed by atoms with Crippen molar-refractivity contribution in [2.24, 2.45) is 5.92 Å². The summed E-state index contributed by atoms with van der Waals surface area (Å²) < 4.78 is 0. The molecule has 1 aliphatic heterocycles. The topological polar surface area (TPSA) is 40.5 Å². The van der Waals surface area contributed by atoms with Gasteiger partial charge in [-0.2, -0.15) is 0 Å². The molecular formula is C14H17NO2. The van der Waals surface area contributed by atoms with Crippen molar-refractivity contribution in [3.8, 4) is 5.75 Å². The highest BCUT2D eigenvalue weighted by Gasteiger charge is 2.31. The normalized spacial score (nSPS) is 19.6. The molecule has 0 spiro atoms. The van der Waals surface area contributed by atoms with Gasteiger partial charge in [0.25, 0.3) is 0 Å². The maximum absolute atomic E-state index is 12.1. The zero-order valence-corrected chi connectivity index (χ0v) is 9.85. The second kappa shape index (κ2) is 4.06. The van der Waals surface area contributed by atoms with Gasteiger partial charge in [-0.15, -0.1) is 0 Å². The number of carbonyl (C=O) groups is 1. The summed E-state index contributed by atoms with van der Waals surface area (Å²) in [5, 5.41) is 9.48. The third-order valence-corrected chi connectivity index (χ3v) is 3.97. The summed E-state index contributed by atoms with van der Waals surface area (Å²) in [7, 11) is 0. The van der Waals surface area contributed by atoms with Gasteiger partial charge in [-0.25, -0.2) is 0 Å². The Morgan fingerprint density at radius 2 is 2.12 bits per heavy atom. The summed E-state index contributed by atoms with van der Waals surface area (Å²) in [6.45, 7) is 1.49. The Morgan fingerprint density at radius 3 is 2.82 bits per heavy atom. The van der Waals surface area contributed by atoms with E-state index in [1.807, 2.05) is 11.0 Å². The van der Waals surface area contributed by atoms with Crippen LogP contribution in [0.5, 0.6) is 5.75 Å². The highest BCUT2D eigenvalue weighted by atomic mass is 16.3. The summed E-state index contributed by atoms with van der Waals surface area (Å²) in [5.41, 5.74) is 2.37. The Labute approximate surface area is 101 Å². The summed E-state index contributed by atoms with van der Waals surface area (Å²) >= 11 is 0. The zero-order valence-electron chi connectivity index (χ0n) is 9.85. The summed E-state index contributed by atoms with van der Waals surface area (Å²) in [4.78, 5) is 14.1. The van der Waals surface area contributed by atoms with E-state index in [4.69, 9.17) is 0 Å². The molecule has 0 saturated heterocycles. The van der Waals surface area contributed by atoms with Crippen LogP contribution in [-0.4, -0.2) is 22.5 Å². The van der Waals surface area contributed by atoms with E-state index in [1.54, 1.807) is 12.1 Å². The molecule has 1 heterocycles. The molecule has 0 radical (unpaired) electrons. The lowest BCUT2D eigenvalue weighted by Gasteiger charge is -2.34. The molecule has 1 fully saturated rings. The molecule has 1 aliphatic carbocycles. The minimum Gasteiger partial charge on any atom is -0.508 e. The van der Waals surface area contributed by atoms with Crippen molar-refractivity contribution in [3.05, 3.63) is 29.3 Å². The second-order valence-corrected chi connectivity index (χ2v) is 5.09. The van der Waals surface area contributed by atoms with Crippen molar-refractivity contribution in [2.75, 3.05) is 6.54 Å². The van der Waals surface area contributed by atoms with Crippen molar-refractivity contribution in [2.45, 2.75) is 32.2 Å². The van der Waals surface area contributed by atoms with Gasteiger partial charge in [0.15, 0.2) is 0 Å². The number of nitrogens with zero attached hydrogens (tertiary/aromatic N) is 1. The molecule has 3 nitrogen and oxygen atoms in total. The number of benzene rings is 1. The first-order valence-electron chi connectivity index (χ1n) is 6.33. The number of hydrogen-bond donors (Lipinski definition) is 1. The molecule has 0 unspecified atom stereocenters. The van der Waals surface area contributed by atoms with Crippen molar-refractivity contribution in [1.29, 1.82) is 0 Å². The van der Waals surface area contributed by atoms with Crippen molar-refractivity contribution in [3.63, 3.8) is 0 Å². The zero-order chi connectivity index (χ0) is 11.8. The molecule has 1 N–H and O–H groups in total. The number of carbonyl (C=O) groups excluding carboxylic acids is 1. The van der Waals surface area contributed by atoms with Gasteiger partial charge in [-0.05, 0) is 42.5 Å². The van der Waals surface area contributed by atoms with Crippen LogP contribution in [0.1, 0.15) is 30.4 Å². The Hall–Kier alpha value is -1.51. The van der Waals surface area contributed by atoms with Crippen molar-refractivity contribution >= 4 is 5.91 Å². The van der Waals surface area contributed by atoms with E-state index in [2.05, 4.69) is 0 Å². The fraction of sp³-hybridized carbons (Fsp3) is 0.500. The number of fused-ring (bicyclic) bond motifs is 1. The SMILES string of the molecule is O=C(C1CCC1)N1CCc2ccc(O)cc2C1. The number of aromatic hydroxyl groups is 1. The predicted octanol–water partition coefficient (Wildman–Crippen LogP) is 2.08. The molecule has 2 aliphatic rings. The Balaban J connectivity index is 1.77. The number of rotatable bonds is 1. The predicted molar refractivity (Wildman–Crippen MR) is 64.6 cm³/mol. The Kier molecular flexibility index (Phi) is 2.54. The lowest BCUT2D eigenvalue weighted by atomic mass is 9.84. The van der Waals surface area contributed by atoms with Gasteiger partial charge < -0.3 is 10.0 Å². The molecule has 3 rings (SSSR count). The fourth-order valence-electron chi connectivity index (χ4n) is 2.65. The van der Waals surface area contributed by atoms with Gasteiger partial charge in [0.1, 0.15) is 5.75 Å². The van der Waals surface area contributed by atoms with Crippen molar-refractivity contribution in [1.82, 2.24) is 4.90 Å². The molecule has 0 atom stereocenters. The molecule has 0 bridgehead atoms. The minimum absolute atomic E-state index is 0.272. The molecule has 3 heteroatoms. The summed E-state index contributed by atoms with van der Waals surface area (Å²) in [6.07, 6.45) is 4.22. The summed E-state index contributed by atoms with van der Waals surface area (Å²) in [6, 6.07) is 5.48. The van der Waals surface area contributed by atoms with Crippen LogP contribution in [0.25, 0.3) is 0 Å². The van der Waals surface area contributed by atoms with E-state index in [0.717, 1.165) is 31.4 Å². The number of amides is 1. The van der Waals surface area contributed by atoms with Gasteiger partial charge in [-0.3, -0.25) is 4.79 Å². The van der Waals surface area contributed by atoms with E-state index in [-0.39, 0.29) is 5.92 Å². The fourth-order valence-corrected chi connectivity index (χ4v) is 2.65. The first-order valence-corrected chi connectivity index (χ1v) is 6.33. The van der Waals surface area contributed by atoms with Gasteiger partial charge in [-0.1, -0.05) is 12.5 Å². The maximum atomic E-state index is 12.1. The average molecular weight is 231 g/mol. The first kappa shape index (κ1) is 10.6. The lowest BCUT2D eigenvalue weighted by Crippen LogP contribution is -2.41. The van der Waals surface area contributed by atoms with Gasteiger partial charge in [0.2, 0.25) is 5.91 Å². The van der Waals surface area contributed by atoms with Crippen LogP contribution in [0.4, 0.5) is 0 Å². The van der Waals surface area contributed by atoms with E-state index in [0.29, 0.717) is 18.2 Å². The minimum atomic E-state index is 0.272. The Bertz CT molecular complexity index is 452. The van der Waals surface area contributed by atoms with E-state index in [9.17, 15) is 9.90 Å². The molecule has 1 saturated carbocycles.